The average Bonchev–Trinajstić information content (AvgIpc) is 3.30. The van der Waals surface area contributed by atoms with Crippen LogP contribution in [0.5, 0.6) is 23.0 Å². The third-order valence-electron chi connectivity index (χ3n) is 10.8. The number of rotatable bonds is 14. The van der Waals surface area contributed by atoms with Crippen LogP contribution in [0.3, 0.4) is 0 Å². The van der Waals surface area contributed by atoms with Crippen LogP contribution in [-0.2, 0) is 26.2 Å². The highest BCUT2D eigenvalue weighted by Crippen LogP contribution is 2.35. The molecule has 0 atom stereocenters. The second-order valence-electron chi connectivity index (χ2n) is 14.6. The van der Waals surface area contributed by atoms with Crippen molar-refractivity contribution in [3.63, 3.8) is 0 Å². The first-order valence-corrected chi connectivity index (χ1v) is 19.8. The molecule has 0 bridgehead atoms. The summed E-state index contributed by atoms with van der Waals surface area (Å²) >= 11 is 0. The summed E-state index contributed by atoms with van der Waals surface area (Å²) < 4.78 is 22.0. The molecule has 10 heteroatoms. The summed E-state index contributed by atoms with van der Waals surface area (Å²) in [5.41, 5.74) is 9.39. The van der Waals surface area contributed by atoms with Crippen molar-refractivity contribution in [2.45, 2.75) is 26.2 Å². The van der Waals surface area contributed by atoms with E-state index in [-0.39, 0.29) is 0 Å². The molecule has 0 spiro atoms. The number of aromatic nitrogens is 4. The highest BCUT2D eigenvalue weighted by molar-refractivity contribution is 5.83. The minimum absolute atomic E-state index is 0.529. The molecule has 5 aromatic carbocycles. The Bertz CT molecular complexity index is 2610. The molecule has 10 nitrogen and oxygen atoms in total. The Morgan fingerprint density at radius 3 is 0.850 bits per heavy atom. The summed E-state index contributed by atoms with van der Waals surface area (Å²) in [4.78, 5) is 25.3. The number of benzene rings is 5. The van der Waals surface area contributed by atoms with Gasteiger partial charge in [0.1, 0.15) is 23.0 Å². The van der Waals surface area contributed by atoms with Crippen LogP contribution in [0.2, 0.25) is 0 Å². The van der Waals surface area contributed by atoms with E-state index in [0.29, 0.717) is 26.2 Å². The molecule has 0 saturated heterocycles. The van der Waals surface area contributed by atoms with E-state index in [0.717, 1.165) is 101 Å². The number of hydrogen-bond acceptors (Lipinski definition) is 10. The lowest BCUT2D eigenvalue weighted by Crippen LogP contribution is -2.29. The van der Waals surface area contributed by atoms with Crippen molar-refractivity contribution in [1.82, 2.24) is 19.9 Å². The SMILES string of the molecule is COc1ccc2nc(CN(Cc3ccc4cc(OC)ccc4n3)c3ccccc3N(Cc3ccc4cc(OC)ccc4n3)Cc3ccc4cc(OC)ccc4n3)ccc2c1. The molecule has 0 amide bonds. The lowest BCUT2D eigenvalue weighted by molar-refractivity contribution is 0.415. The lowest BCUT2D eigenvalue weighted by Gasteiger charge is -2.32. The van der Waals surface area contributed by atoms with Crippen molar-refractivity contribution in [2.24, 2.45) is 0 Å². The summed E-state index contributed by atoms with van der Waals surface area (Å²) in [6.07, 6.45) is 0. The van der Waals surface area contributed by atoms with E-state index < -0.39 is 0 Å². The maximum atomic E-state index is 5.49. The first kappa shape index (κ1) is 38.1. The van der Waals surface area contributed by atoms with Gasteiger partial charge in [-0.25, -0.2) is 0 Å². The number of fused-ring (bicyclic) bond motifs is 4. The van der Waals surface area contributed by atoms with Gasteiger partial charge in [0, 0.05) is 21.5 Å². The van der Waals surface area contributed by atoms with E-state index in [1.54, 1.807) is 28.4 Å². The van der Waals surface area contributed by atoms with Crippen LogP contribution in [0.25, 0.3) is 43.6 Å². The largest absolute Gasteiger partial charge is 0.497 e. The quantitative estimate of drug-likeness (QED) is 0.106. The zero-order valence-corrected chi connectivity index (χ0v) is 34.0. The van der Waals surface area contributed by atoms with Crippen LogP contribution < -0.4 is 28.7 Å². The van der Waals surface area contributed by atoms with Crippen molar-refractivity contribution in [3.8, 4) is 23.0 Å². The number of para-hydroxylation sites is 2. The first-order valence-electron chi connectivity index (χ1n) is 19.8. The molecule has 0 fully saturated rings. The summed E-state index contributed by atoms with van der Waals surface area (Å²) in [5.74, 6) is 3.20. The number of nitrogens with zero attached hydrogens (tertiary/aromatic N) is 6. The topological polar surface area (TPSA) is 95.0 Å². The molecule has 60 heavy (non-hydrogen) atoms. The van der Waals surface area contributed by atoms with Crippen LogP contribution in [0, 0.1) is 0 Å². The first-order chi connectivity index (χ1) is 29.4. The van der Waals surface area contributed by atoms with Gasteiger partial charge in [-0.05, 0) is 109 Å². The minimum Gasteiger partial charge on any atom is -0.497 e. The van der Waals surface area contributed by atoms with Gasteiger partial charge < -0.3 is 28.7 Å². The smallest absolute Gasteiger partial charge is 0.119 e. The van der Waals surface area contributed by atoms with Crippen molar-refractivity contribution in [3.05, 3.63) is 168 Å². The number of hydrogen-bond donors (Lipinski definition) is 0. The van der Waals surface area contributed by atoms with Crippen LogP contribution in [0.4, 0.5) is 11.4 Å². The maximum Gasteiger partial charge on any atom is 0.119 e. The molecular weight excluding hydrogens is 749 g/mol. The molecule has 9 rings (SSSR count). The van der Waals surface area contributed by atoms with Gasteiger partial charge in [0.25, 0.3) is 0 Å². The molecule has 0 saturated carbocycles. The van der Waals surface area contributed by atoms with Gasteiger partial charge in [0.2, 0.25) is 0 Å². The molecule has 0 N–H and O–H groups in total. The third kappa shape index (κ3) is 8.13. The van der Waals surface area contributed by atoms with E-state index in [4.69, 9.17) is 38.9 Å². The number of methoxy groups -OCH3 is 4. The van der Waals surface area contributed by atoms with Gasteiger partial charge in [-0.1, -0.05) is 36.4 Å². The predicted molar refractivity (Wildman–Crippen MR) is 239 cm³/mol. The van der Waals surface area contributed by atoms with Gasteiger partial charge in [-0.3, -0.25) is 19.9 Å². The average molecular weight is 793 g/mol. The second kappa shape index (κ2) is 16.8. The molecule has 0 aliphatic rings. The Labute approximate surface area is 348 Å². The van der Waals surface area contributed by atoms with Gasteiger partial charge >= 0.3 is 0 Å². The normalized spacial score (nSPS) is 11.3. The van der Waals surface area contributed by atoms with Crippen LogP contribution >= 0.6 is 0 Å². The van der Waals surface area contributed by atoms with E-state index >= 15 is 0 Å². The Hall–Kier alpha value is -7.46. The predicted octanol–water partition coefficient (Wildman–Crippen LogP) is 10.3. The highest BCUT2D eigenvalue weighted by Gasteiger charge is 2.21. The third-order valence-corrected chi connectivity index (χ3v) is 10.8. The fourth-order valence-corrected chi connectivity index (χ4v) is 7.68. The molecule has 0 aliphatic carbocycles. The monoisotopic (exact) mass is 792 g/mol. The summed E-state index contributed by atoms with van der Waals surface area (Å²) in [6, 6.07) is 49.3. The molecule has 298 valence electrons. The minimum atomic E-state index is 0.529. The lowest BCUT2D eigenvalue weighted by atomic mass is 10.1. The summed E-state index contributed by atoms with van der Waals surface area (Å²) in [5, 5.41) is 4.08. The van der Waals surface area contributed by atoms with Crippen LogP contribution in [0.15, 0.2) is 146 Å². The van der Waals surface area contributed by atoms with Crippen LogP contribution in [0.1, 0.15) is 22.8 Å². The zero-order valence-electron chi connectivity index (χ0n) is 34.0. The number of anilines is 2. The van der Waals surface area contributed by atoms with E-state index in [2.05, 4.69) is 82.6 Å². The van der Waals surface area contributed by atoms with Gasteiger partial charge in [0.15, 0.2) is 0 Å². The highest BCUT2D eigenvalue weighted by atomic mass is 16.5. The zero-order chi connectivity index (χ0) is 41.0. The number of pyridine rings is 4. The molecule has 4 aromatic heterocycles. The standard InChI is InChI=1S/C50H44N6O4/c1-57-41-17-21-45-33(25-41)9-13-37(51-45)29-55(30-38-14-10-34-26-42(58-2)18-22-46(34)52-38)49-7-5-6-8-50(49)56(31-39-15-11-35-27-43(59-3)19-23-47(35)53-39)32-40-16-12-36-28-44(60-4)20-24-48(36)54-40/h5-28H,29-32H2,1-4H3. The summed E-state index contributed by atoms with van der Waals surface area (Å²) in [6.45, 7) is 2.12. The fraction of sp³-hybridized carbons (Fsp3) is 0.160. The van der Waals surface area contributed by atoms with Crippen molar-refractivity contribution in [2.75, 3.05) is 38.2 Å². The van der Waals surface area contributed by atoms with Gasteiger partial charge in [-0.2, -0.15) is 0 Å². The Morgan fingerprint density at radius 2 is 0.600 bits per heavy atom. The van der Waals surface area contributed by atoms with E-state index in [1.807, 2.05) is 72.8 Å². The van der Waals surface area contributed by atoms with Crippen molar-refractivity contribution >= 4 is 55.0 Å². The Balaban J connectivity index is 1.14. The van der Waals surface area contributed by atoms with Crippen LogP contribution in [-0.4, -0.2) is 48.4 Å². The number of ether oxygens (including phenoxy) is 4. The molecule has 0 unspecified atom stereocenters. The maximum absolute atomic E-state index is 5.49. The Morgan fingerprint density at radius 1 is 0.333 bits per heavy atom. The van der Waals surface area contributed by atoms with Crippen molar-refractivity contribution in [1.29, 1.82) is 0 Å². The fourth-order valence-electron chi connectivity index (χ4n) is 7.68. The van der Waals surface area contributed by atoms with E-state index in [1.165, 1.54) is 0 Å². The molecule has 4 heterocycles. The Kier molecular flexibility index (Phi) is 10.7. The molecule has 9 aromatic rings. The summed E-state index contributed by atoms with van der Waals surface area (Å²) in [7, 11) is 6.72. The van der Waals surface area contributed by atoms with Crippen molar-refractivity contribution < 1.29 is 18.9 Å². The molecular formula is C50H44N6O4. The molecule has 0 aliphatic heterocycles. The molecule has 0 radical (unpaired) electrons. The second-order valence-corrected chi connectivity index (χ2v) is 14.6. The van der Waals surface area contributed by atoms with E-state index in [9.17, 15) is 0 Å². The van der Waals surface area contributed by atoms with Gasteiger partial charge in [0.05, 0.1) is 111 Å². The van der Waals surface area contributed by atoms with Gasteiger partial charge in [-0.15, -0.1) is 0 Å².